The van der Waals surface area contributed by atoms with Crippen molar-refractivity contribution in [1.29, 1.82) is 10.5 Å². The van der Waals surface area contributed by atoms with Crippen LogP contribution >= 0.6 is 0 Å². The third kappa shape index (κ3) is 5.42. The monoisotopic (exact) mass is 396 g/mol. The van der Waals surface area contributed by atoms with Gasteiger partial charge in [-0.2, -0.15) is 18.9 Å². The van der Waals surface area contributed by atoms with Gasteiger partial charge in [-0.1, -0.05) is 62.4 Å². The molecule has 0 amide bonds. The fraction of sp³-hybridized carbons (Fsp3) is 0.364. The summed E-state index contributed by atoms with van der Waals surface area (Å²) in [5.74, 6) is -1.07. The van der Waals surface area contributed by atoms with E-state index in [1.165, 1.54) is 12.1 Å². The van der Waals surface area contributed by atoms with Gasteiger partial charge in [-0.05, 0) is 36.0 Å². The second-order valence-electron chi connectivity index (χ2n) is 7.31. The van der Waals surface area contributed by atoms with Gasteiger partial charge in [0, 0.05) is 5.92 Å². The molecule has 2 aromatic carbocycles. The molecule has 0 saturated carbocycles. The molecule has 0 N–H and O–H groups in total. The molecule has 0 heterocycles. The smallest absolute Gasteiger partial charge is 0.266 e. The maximum absolute atomic E-state index is 12.2. The highest BCUT2D eigenvalue weighted by Gasteiger charge is 2.37. The first-order chi connectivity index (χ1) is 13.3. The van der Waals surface area contributed by atoms with E-state index in [-0.39, 0.29) is 17.4 Å². The number of nitrogens with zero attached hydrogens (tertiary/aromatic N) is 2. The van der Waals surface area contributed by atoms with Crippen molar-refractivity contribution in [2.75, 3.05) is 6.61 Å². The second-order valence-corrected chi connectivity index (χ2v) is 8.92. The molecule has 1 unspecified atom stereocenters. The SMILES string of the molecule is CC(C)(CCCOS(=O)(=O)c1ccccc1)C(c1ccccc1)C(C#N)C#N. The van der Waals surface area contributed by atoms with Crippen LogP contribution in [0.3, 0.4) is 0 Å². The number of benzene rings is 2. The fourth-order valence-electron chi connectivity index (χ4n) is 3.44. The lowest BCUT2D eigenvalue weighted by molar-refractivity contribution is 0.210. The highest BCUT2D eigenvalue weighted by Crippen LogP contribution is 2.44. The molecule has 6 heteroatoms. The number of rotatable bonds is 9. The summed E-state index contributed by atoms with van der Waals surface area (Å²) in [6.45, 7) is 4.04. The summed E-state index contributed by atoms with van der Waals surface area (Å²) in [6.07, 6.45) is 1.10. The van der Waals surface area contributed by atoms with Gasteiger partial charge >= 0.3 is 0 Å². The van der Waals surface area contributed by atoms with Gasteiger partial charge in [0.1, 0.15) is 5.92 Å². The molecule has 0 bridgehead atoms. The predicted molar refractivity (Wildman–Crippen MR) is 106 cm³/mol. The summed E-state index contributed by atoms with van der Waals surface area (Å²) in [5.41, 5.74) is 0.538. The van der Waals surface area contributed by atoms with Crippen LogP contribution in [-0.4, -0.2) is 15.0 Å². The van der Waals surface area contributed by atoms with Crippen molar-refractivity contribution in [3.05, 3.63) is 66.2 Å². The molecule has 0 aromatic heterocycles. The van der Waals surface area contributed by atoms with Crippen LogP contribution in [0.4, 0.5) is 0 Å². The van der Waals surface area contributed by atoms with E-state index >= 15 is 0 Å². The molecular weight excluding hydrogens is 372 g/mol. The Kier molecular flexibility index (Phi) is 7.34. The lowest BCUT2D eigenvalue weighted by atomic mass is 9.67. The molecule has 0 aliphatic rings. The molecule has 0 aliphatic carbocycles. The molecule has 0 saturated heterocycles. The van der Waals surface area contributed by atoms with E-state index in [4.69, 9.17) is 4.18 Å². The number of hydrogen-bond acceptors (Lipinski definition) is 5. The van der Waals surface area contributed by atoms with Crippen LogP contribution in [0.25, 0.3) is 0 Å². The van der Waals surface area contributed by atoms with E-state index in [1.807, 2.05) is 44.2 Å². The zero-order valence-electron chi connectivity index (χ0n) is 16.1. The summed E-state index contributed by atoms with van der Waals surface area (Å²) in [4.78, 5) is 0.130. The quantitative estimate of drug-likeness (QED) is 0.455. The van der Waals surface area contributed by atoms with Gasteiger partial charge < -0.3 is 0 Å². The number of nitriles is 2. The van der Waals surface area contributed by atoms with Gasteiger partial charge in [-0.15, -0.1) is 0 Å². The molecule has 2 rings (SSSR count). The summed E-state index contributed by atoms with van der Waals surface area (Å²) >= 11 is 0. The van der Waals surface area contributed by atoms with E-state index in [1.54, 1.807) is 18.2 Å². The van der Waals surface area contributed by atoms with E-state index in [2.05, 4.69) is 12.1 Å². The first-order valence-corrected chi connectivity index (χ1v) is 10.5. The fourth-order valence-corrected chi connectivity index (χ4v) is 4.40. The zero-order chi connectivity index (χ0) is 20.6. The van der Waals surface area contributed by atoms with Crippen molar-refractivity contribution in [3.63, 3.8) is 0 Å². The average molecular weight is 397 g/mol. The minimum Gasteiger partial charge on any atom is -0.266 e. The van der Waals surface area contributed by atoms with Crippen molar-refractivity contribution in [3.8, 4) is 12.1 Å². The van der Waals surface area contributed by atoms with Crippen LogP contribution in [0.5, 0.6) is 0 Å². The highest BCUT2D eigenvalue weighted by atomic mass is 32.2. The van der Waals surface area contributed by atoms with Gasteiger partial charge in [0.15, 0.2) is 0 Å². The van der Waals surface area contributed by atoms with Gasteiger partial charge in [-0.25, -0.2) is 0 Å². The van der Waals surface area contributed by atoms with E-state index in [9.17, 15) is 18.9 Å². The zero-order valence-corrected chi connectivity index (χ0v) is 16.9. The Morgan fingerprint density at radius 2 is 1.50 bits per heavy atom. The van der Waals surface area contributed by atoms with Crippen LogP contribution < -0.4 is 0 Å². The third-order valence-electron chi connectivity index (χ3n) is 4.85. The van der Waals surface area contributed by atoms with Crippen LogP contribution in [-0.2, 0) is 14.3 Å². The van der Waals surface area contributed by atoms with E-state index in [0.29, 0.717) is 12.8 Å². The molecule has 0 spiro atoms. The summed E-state index contributed by atoms with van der Waals surface area (Å²) < 4.78 is 29.6. The first kappa shape index (κ1) is 21.6. The molecular formula is C22H24N2O3S. The Hall–Kier alpha value is -2.67. The van der Waals surface area contributed by atoms with Crippen LogP contribution in [0.1, 0.15) is 38.2 Å². The van der Waals surface area contributed by atoms with Crippen molar-refractivity contribution in [1.82, 2.24) is 0 Å². The highest BCUT2D eigenvalue weighted by molar-refractivity contribution is 7.86. The minimum atomic E-state index is -3.78. The average Bonchev–Trinajstić information content (AvgIpc) is 2.70. The number of hydrogen-bond donors (Lipinski definition) is 0. The van der Waals surface area contributed by atoms with Crippen molar-refractivity contribution < 1.29 is 12.6 Å². The molecule has 1 atom stereocenters. The summed E-state index contributed by atoms with van der Waals surface area (Å²) in [5, 5.41) is 18.9. The Morgan fingerprint density at radius 1 is 0.964 bits per heavy atom. The van der Waals surface area contributed by atoms with E-state index in [0.717, 1.165) is 5.56 Å². The minimum absolute atomic E-state index is 0.0476. The third-order valence-corrected chi connectivity index (χ3v) is 6.17. The molecule has 0 aliphatic heterocycles. The molecule has 0 radical (unpaired) electrons. The van der Waals surface area contributed by atoms with Gasteiger partial charge in [0.05, 0.1) is 23.6 Å². The van der Waals surface area contributed by atoms with Crippen molar-refractivity contribution >= 4 is 10.1 Å². The Labute approximate surface area is 167 Å². The Bertz CT molecular complexity index is 929. The van der Waals surface area contributed by atoms with Crippen molar-refractivity contribution in [2.24, 2.45) is 11.3 Å². The lowest BCUT2D eigenvalue weighted by Gasteiger charge is -2.35. The van der Waals surface area contributed by atoms with Crippen LogP contribution in [0.15, 0.2) is 65.6 Å². The van der Waals surface area contributed by atoms with Crippen LogP contribution in [0, 0.1) is 34.0 Å². The Balaban J connectivity index is 2.06. The predicted octanol–water partition coefficient (Wildman–Crippen LogP) is 4.65. The molecule has 146 valence electrons. The maximum Gasteiger partial charge on any atom is 0.296 e. The van der Waals surface area contributed by atoms with Gasteiger partial charge in [0.25, 0.3) is 10.1 Å². The normalized spacial score (nSPS) is 12.9. The summed E-state index contributed by atoms with van der Waals surface area (Å²) in [7, 11) is -3.78. The van der Waals surface area contributed by atoms with E-state index < -0.39 is 21.5 Å². The second kappa shape index (κ2) is 9.50. The van der Waals surface area contributed by atoms with Gasteiger partial charge in [-0.3, -0.25) is 4.18 Å². The first-order valence-electron chi connectivity index (χ1n) is 9.10. The van der Waals surface area contributed by atoms with Crippen molar-refractivity contribution in [2.45, 2.75) is 37.5 Å². The molecule has 2 aromatic rings. The van der Waals surface area contributed by atoms with Crippen LogP contribution in [0.2, 0.25) is 0 Å². The Morgan fingerprint density at radius 3 is 2.04 bits per heavy atom. The topological polar surface area (TPSA) is 90.9 Å². The summed E-state index contributed by atoms with van der Waals surface area (Å²) in [6, 6.07) is 21.7. The molecule has 0 fully saturated rings. The molecule has 5 nitrogen and oxygen atoms in total. The maximum atomic E-state index is 12.2. The van der Waals surface area contributed by atoms with Gasteiger partial charge in [0.2, 0.25) is 0 Å². The largest absolute Gasteiger partial charge is 0.296 e. The molecule has 28 heavy (non-hydrogen) atoms. The lowest BCUT2D eigenvalue weighted by Crippen LogP contribution is -2.28. The standard InChI is InChI=1S/C22H24N2O3S/c1-22(2,21(19(16-23)17-24)18-10-5-3-6-11-18)14-9-15-27-28(25,26)20-12-7-4-8-13-20/h3-8,10-13,19,21H,9,14-15H2,1-2H3.